The van der Waals surface area contributed by atoms with Gasteiger partial charge in [-0.15, -0.1) is 0 Å². The zero-order valence-electron chi connectivity index (χ0n) is 27.9. The minimum Gasteiger partial charge on any atom is -0.480 e. The van der Waals surface area contributed by atoms with Crippen LogP contribution in [0.25, 0.3) is 0 Å². The van der Waals surface area contributed by atoms with Crippen LogP contribution in [-0.2, 0) is 38.2 Å². The highest BCUT2D eigenvalue weighted by molar-refractivity contribution is 5.78. The van der Waals surface area contributed by atoms with Crippen LogP contribution in [0.3, 0.4) is 0 Å². The molecule has 272 valence electrons. The number of carbonyl (C=O) groups is 5. The number of aliphatic carboxylic acids is 3. The molecule has 0 aliphatic carbocycles. The first-order valence-corrected chi connectivity index (χ1v) is 16.3. The molecular formula is C30H56N6O11. The van der Waals surface area contributed by atoms with Crippen molar-refractivity contribution in [3.63, 3.8) is 0 Å². The van der Waals surface area contributed by atoms with Crippen molar-refractivity contribution in [2.24, 2.45) is 0 Å². The Morgan fingerprint density at radius 1 is 0.638 bits per heavy atom. The Labute approximate surface area is 277 Å². The fourth-order valence-corrected chi connectivity index (χ4v) is 4.82. The first-order chi connectivity index (χ1) is 22.6. The third-order valence-electron chi connectivity index (χ3n) is 7.40. The summed E-state index contributed by atoms with van der Waals surface area (Å²) in [5, 5.41) is 30.8. The summed E-state index contributed by atoms with van der Waals surface area (Å²) in [4.78, 5) is 66.7. The molecule has 0 bridgehead atoms. The highest BCUT2D eigenvalue weighted by atomic mass is 16.5. The molecule has 1 rings (SSSR count). The lowest BCUT2D eigenvalue weighted by Crippen LogP contribution is -2.50. The van der Waals surface area contributed by atoms with Gasteiger partial charge in [0.2, 0.25) is 5.91 Å². The molecule has 1 aliphatic heterocycles. The highest BCUT2D eigenvalue weighted by Gasteiger charge is 2.21. The number of carboxylic acids is 3. The van der Waals surface area contributed by atoms with Crippen molar-refractivity contribution in [1.29, 1.82) is 0 Å². The van der Waals surface area contributed by atoms with E-state index < -0.39 is 17.9 Å². The number of rotatable bonds is 25. The molecule has 1 amide bonds. The average molecular weight is 677 g/mol. The van der Waals surface area contributed by atoms with Crippen LogP contribution < -0.4 is 5.32 Å². The van der Waals surface area contributed by atoms with Crippen molar-refractivity contribution in [2.45, 2.75) is 19.8 Å². The van der Waals surface area contributed by atoms with E-state index in [0.717, 1.165) is 25.7 Å². The second-order valence-corrected chi connectivity index (χ2v) is 11.3. The number of carboxylic acid groups (broad SMARTS) is 3. The lowest BCUT2D eigenvalue weighted by atomic mass is 10.3. The summed E-state index contributed by atoms with van der Waals surface area (Å²) >= 11 is 0. The first-order valence-electron chi connectivity index (χ1n) is 16.3. The summed E-state index contributed by atoms with van der Waals surface area (Å²) < 4.78 is 16.6. The van der Waals surface area contributed by atoms with Crippen LogP contribution >= 0.6 is 0 Å². The fourth-order valence-electron chi connectivity index (χ4n) is 4.82. The molecule has 47 heavy (non-hydrogen) atoms. The van der Waals surface area contributed by atoms with Crippen molar-refractivity contribution in [1.82, 2.24) is 29.8 Å². The Morgan fingerprint density at radius 2 is 1.04 bits per heavy atom. The third-order valence-corrected chi connectivity index (χ3v) is 7.40. The van der Waals surface area contributed by atoms with Crippen LogP contribution in [0.1, 0.15) is 19.8 Å². The molecule has 0 atom stereocenters. The van der Waals surface area contributed by atoms with Gasteiger partial charge in [-0.05, 0) is 13.0 Å². The second-order valence-electron chi connectivity index (χ2n) is 11.3. The molecule has 0 unspecified atom stereocenters. The van der Waals surface area contributed by atoms with Gasteiger partial charge in [-0.25, -0.2) is 0 Å². The molecule has 1 heterocycles. The van der Waals surface area contributed by atoms with E-state index in [-0.39, 0.29) is 32.1 Å². The van der Waals surface area contributed by atoms with Gasteiger partial charge in [0.1, 0.15) is 6.29 Å². The molecule has 1 fully saturated rings. The predicted molar refractivity (Wildman–Crippen MR) is 172 cm³/mol. The van der Waals surface area contributed by atoms with E-state index in [4.69, 9.17) is 14.2 Å². The maximum Gasteiger partial charge on any atom is 0.317 e. The average Bonchev–Trinajstić information content (AvgIpc) is 3.00. The number of aldehydes is 1. The molecule has 17 heteroatoms. The Balaban J connectivity index is 2.40. The van der Waals surface area contributed by atoms with Gasteiger partial charge in [0, 0.05) is 65.4 Å². The van der Waals surface area contributed by atoms with Crippen LogP contribution in [0, 0.1) is 0 Å². The van der Waals surface area contributed by atoms with Gasteiger partial charge >= 0.3 is 17.9 Å². The SMILES string of the molecule is CCCCN(CC=O)CCOCCOCCOCCNC(=O)CN1CCN(CC(=O)O)CCN(CC(=O)O)CCN(CC(=O)O)CC1. The maximum atomic E-state index is 12.7. The van der Waals surface area contributed by atoms with Gasteiger partial charge in [-0.2, -0.15) is 0 Å². The molecule has 17 nitrogen and oxygen atoms in total. The number of hydrogen-bond donors (Lipinski definition) is 4. The van der Waals surface area contributed by atoms with Crippen LogP contribution in [0.15, 0.2) is 0 Å². The van der Waals surface area contributed by atoms with Crippen LogP contribution in [0.5, 0.6) is 0 Å². The lowest BCUT2D eigenvalue weighted by molar-refractivity contribution is -0.140. The van der Waals surface area contributed by atoms with Crippen LogP contribution in [0.4, 0.5) is 0 Å². The second kappa shape index (κ2) is 27.2. The molecule has 1 saturated heterocycles. The van der Waals surface area contributed by atoms with E-state index in [2.05, 4.69) is 17.1 Å². The van der Waals surface area contributed by atoms with Gasteiger partial charge in [0.25, 0.3) is 0 Å². The van der Waals surface area contributed by atoms with Crippen molar-refractivity contribution >= 4 is 30.1 Å². The minimum absolute atomic E-state index is 0.0432. The number of ether oxygens (including phenoxy) is 3. The van der Waals surface area contributed by atoms with Crippen LogP contribution in [-0.4, -0.2) is 214 Å². The minimum atomic E-state index is -1.02. The summed E-state index contributed by atoms with van der Waals surface area (Å²) in [7, 11) is 0. The number of nitrogens with one attached hydrogen (secondary N) is 1. The van der Waals surface area contributed by atoms with E-state index in [1.807, 2.05) is 4.90 Å². The largest absolute Gasteiger partial charge is 0.480 e. The third kappa shape index (κ3) is 24.1. The quantitative estimate of drug-likeness (QED) is 0.0606. The number of amides is 1. The van der Waals surface area contributed by atoms with E-state index in [0.29, 0.717) is 112 Å². The van der Waals surface area contributed by atoms with Crippen LogP contribution in [0.2, 0.25) is 0 Å². The topological polar surface area (TPSA) is 202 Å². The highest BCUT2D eigenvalue weighted by Crippen LogP contribution is 2.02. The Bertz CT molecular complexity index is 868. The molecule has 0 saturated carbocycles. The Hall–Kier alpha value is -2.77. The van der Waals surface area contributed by atoms with Crippen molar-refractivity contribution < 1.29 is 53.5 Å². The smallest absolute Gasteiger partial charge is 0.317 e. The van der Waals surface area contributed by atoms with Gasteiger partial charge in [-0.1, -0.05) is 13.3 Å². The zero-order chi connectivity index (χ0) is 34.7. The molecule has 0 aromatic heterocycles. The summed E-state index contributed by atoms with van der Waals surface area (Å²) in [6.45, 7) is 8.84. The molecule has 0 spiro atoms. The van der Waals surface area contributed by atoms with Crippen molar-refractivity contribution in [3.05, 3.63) is 0 Å². The van der Waals surface area contributed by atoms with E-state index in [1.165, 1.54) is 0 Å². The zero-order valence-corrected chi connectivity index (χ0v) is 27.9. The van der Waals surface area contributed by atoms with Gasteiger partial charge in [0.15, 0.2) is 0 Å². The standard InChI is InChI=1S/C30H56N6O11/c1-2-3-5-32(14-16-37)15-18-46-20-22-47-21-19-45-17-4-31-27(38)23-33-6-8-34(24-28(39)40)10-12-36(26-30(43)44)13-11-35(9-7-33)25-29(41)42/h16H,2-15,17-26H2,1H3,(H,31,38)(H,39,40)(H,41,42)(H,43,44). The maximum absolute atomic E-state index is 12.7. The summed E-state index contributed by atoms with van der Waals surface area (Å²) in [5.41, 5.74) is 0. The van der Waals surface area contributed by atoms with E-state index in [1.54, 1.807) is 14.7 Å². The van der Waals surface area contributed by atoms with Crippen molar-refractivity contribution in [3.8, 4) is 0 Å². The Kier molecular flexibility index (Phi) is 24.5. The number of nitrogens with zero attached hydrogens (tertiary/aromatic N) is 5. The normalized spacial score (nSPS) is 16.4. The number of carbonyl (C=O) groups excluding carboxylic acids is 2. The molecule has 1 aliphatic rings. The summed E-state index contributed by atoms with van der Waals surface area (Å²) in [5.74, 6) is -3.27. The summed E-state index contributed by atoms with van der Waals surface area (Å²) in [6.07, 6.45) is 3.02. The predicted octanol–water partition coefficient (Wildman–Crippen LogP) is -2.07. The fraction of sp³-hybridized carbons (Fsp3) is 0.833. The molecule has 0 aromatic rings. The van der Waals surface area contributed by atoms with E-state index >= 15 is 0 Å². The monoisotopic (exact) mass is 676 g/mol. The first kappa shape index (κ1) is 42.3. The Morgan fingerprint density at radius 3 is 1.45 bits per heavy atom. The van der Waals surface area contributed by atoms with Crippen molar-refractivity contribution in [2.75, 3.05) is 144 Å². The number of unbranched alkanes of at least 4 members (excludes halogenated alkanes) is 1. The number of hydrogen-bond acceptors (Lipinski definition) is 13. The van der Waals surface area contributed by atoms with Gasteiger partial charge in [0.05, 0.1) is 72.4 Å². The molecule has 0 aromatic carbocycles. The lowest BCUT2D eigenvalue weighted by Gasteiger charge is -2.32. The summed E-state index contributed by atoms with van der Waals surface area (Å²) in [6, 6.07) is 0. The van der Waals surface area contributed by atoms with Gasteiger partial charge < -0.3 is 39.6 Å². The molecule has 4 N–H and O–H groups in total. The van der Waals surface area contributed by atoms with E-state index in [9.17, 15) is 39.3 Å². The van der Waals surface area contributed by atoms with Gasteiger partial charge in [-0.3, -0.25) is 43.7 Å². The molecular weight excluding hydrogens is 620 g/mol. The molecule has 0 radical (unpaired) electrons.